The van der Waals surface area contributed by atoms with Gasteiger partial charge in [-0.15, -0.1) is 13.2 Å². The van der Waals surface area contributed by atoms with Crippen LogP contribution in [-0.4, -0.2) is 27.2 Å². The fourth-order valence-electron chi connectivity index (χ4n) is 3.19. The van der Waals surface area contributed by atoms with Crippen LogP contribution in [0.5, 0.6) is 17.4 Å². The summed E-state index contributed by atoms with van der Waals surface area (Å²) in [5, 5.41) is 2.67. The van der Waals surface area contributed by atoms with Crippen LogP contribution in [0, 0.1) is 13.8 Å². The van der Waals surface area contributed by atoms with Gasteiger partial charge in [0.05, 0.1) is 11.3 Å². The zero-order chi connectivity index (χ0) is 25.0. The van der Waals surface area contributed by atoms with Crippen molar-refractivity contribution in [2.45, 2.75) is 20.2 Å². The number of ether oxygens (including phenoxy) is 2. The van der Waals surface area contributed by atoms with Crippen LogP contribution in [0.2, 0.25) is 0 Å². The molecule has 0 aliphatic rings. The van der Waals surface area contributed by atoms with E-state index >= 15 is 0 Å². The van der Waals surface area contributed by atoms with Gasteiger partial charge in [0, 0.05) is 29.7 Å². The maximum atomic E-state index is 12.7. The third-order valence-corrected chi connectivity index (χ3v) is 4.96. The van der Waals surface area contributed by atoms with Gasteiger partial charge in [-0.05, 0) is 61.4 Å². The zero-order valence-corrected chi connectivity index (χ0v) is 18.6. The number of aryl methyl sites for hydroxylation is 2. The number of alkyl halides is 3. The number of anilines is 1. The molecule has 0 radical (unpaired) electrons. The molecule has 0 atom stereocenters. The Hall–Kier alpha value is -4.47. The Morgan fingerprint density at radius 3 is 2.43 bits per heavy atom. The van der Waals surface area contributed by atoms with E-state index in [9.17, 15) is 18.0 Å². The summed E-state index contributed by atoms with van der Waals surface area (Å²) in [4.78, 5) is 25.2. The van der Waals surface area contributed by atoms with E-state index in [4.69, 9.17) is 4.74 Å². The van der Waals surface area contributed by atoms with Crippen molar-refractivity contribution in [3.8, 4) is 28.6 Å². The minimum Gasteiger partial charge on any atom is -0.438 e. The first-order valence-corrected chi connectivity index (χ1v) is 10.4. The highest BCUT2D eigenvalue weighted by Crippen LogP contribution is 2.33. The van der Waals surface area contributed by atoms with Gasteiger partial charge in [0.15, 0.2) is 0 Å². The van der Waals surface area contributed by atoms with Crippen molar-refractivity contribution < 1.29 is 27.4 Å². The van der Waals surface area contributed by atoms with Gasteiger partial charge >= 0.3 is 6.36 Å². The number of hydrogen-bond donors (Lipinski definition) is 1. The van der Waals surface area contributed by atoms with Gasteiger partial charge in [0.2, 0.25) is 5.88 Å². The van der Waals surface area contributed by atoms with Gasteiger partial charge in [-0.25, -0.2) is 15.0 Å². The summed E-state index contributed by atoms with van der Waals surface area (Å²) >= 11 is 0. The molecule has 0 bridgehead atoms. The van der Waals surface area contributed by atoms with E-state index in [0.717, 1.165) is 11.6 Å². The van der Waals surface area contributed by atoms with Gasteiger partial charge in [-0.1, -0.05) is 12.1 Å². The second-order valence-corrected chi connectivity index (χ2v) is 7.52. The number of nitrogens with zero attached hydrogens (tertiary/aromatic N) is 3. The molecule has 0 spiro atoms. The highest BCUT2D eigenvalue weighted by Gasteiger charge is 2.32. The monoisotopic (exact) mass is 480 g/mol. The summed E-state index contributed by atoms with van der Waals surface area (Å²) in [6.07, 6.45) is -0.251. The molecule has 0 saturated carbocycles. The lowest BCUT2D eigenvalue weighted by atomic mass is 10.1. The van der Waals surface area contributed by atoms with Crippen molar-refractivity contribution in [3.05, 3.63) is 90.0 Å². The summed E-state index contributed by atoms with van der Waals surface area (Å²) in [6, 6.07) is 14.1. The molecule has 1 amide bonds. The first-order valence-electron chi connectivity index (χ1n) is 10.4. The zero-order valence-electron chi connectivity index (χ0n) is 18.6. The van der Waals surface area contributed by atoms with Gasteiger partial charge < -0.3 is 14.8 Å². The number of benzene rings is 2. The van der Waals surface area contributed by atoms with Gasteiger partial charge in [0.25, 0.3) is 5.91 Å². The quantitative estimate of drug-likeness (QED) is 0.359. The minimum atomic E-state index is -4.86. The van der Waals surface area contributed by atoms with Crippen LogP contribution in [-0.2, 0) is 0 Å². The van der Waals surface area contributed by atoms with E-state index in [-0.39, 0.29) is 11.1 Å². The summed E-state index contributed by atoms with van der Waals surface area (Å²) < 4.78 is 48.0. The van der Waals surface area contributed by atoms with Crippen molar-refractivity contribution in [2.75, 3.05) is 5.32 Å². The topological polar surface area (TPSA) is 86.2 Å². The molecule has 35 heavy (non-hydrogen) atoms. The first kappa shape index (κ1) is 23.7. The second-order valence-electron chi connectivity index (χ2n) is 7.52. The molecule has 0 fully saturated rings. The maximum absolute atomic E-state index is 12.7. The molecule has 0 aliphatic heterocycles. The molecule has 4 rings (SSSR count). The molecule has 0 saturated heterocycles. The number of nitrogens with one attached hydrogen (secondary N) is 1. The molecule has 2 aromatic heterocycles. The number of hydrogen-bond acceptors (Lipinski definition) is 6. The summed E-state index contributed by atoms with van der Waals surface area (Å²) in [5.41, 5.74) is 2.70. The largest absolute Gasteiger partial charge is 0.573 e. The molecule has 10 heteroatoms. The molecule has 178 valence electrons. The normalized spacial score (nSPS) is 11.1. The number of halogens is 3. The predicted molar refractivity (Wildman–Crippen MR) is 122 cm³/mol. The van der Waals surface area contributed by atoms with Crippen LogP contribution in [0.4, 0.5) is 18.9 Å². The Bertz CT molecular complexity index is 1360. The first-order chi connectivity index (χ1) is 16.7. The third-order valence-electron chi connectivity index (χ3n) is 4.96. The van der Waals surface area contributed by atoms with Crippen LogP contribution in [0.25, 0.3) is 11.3 Å². The van der Waals surface area contributed by atoms with Crippen molar-refractivity contribution in [1.82, 2.24) is 15.0 Å². The van der Waals surface area contributed by atoms with E-state index in [1.807, 2.05) is 13.0 Å². The van der Waals surface area contributed by atoms with Crippen LogP contribution in [0.3, 0.4) is 0 Å². The smallest absolute Gasteiger partial charge is 0.438 e. The summed E-state index contributed by atoms with van der Waals surface area (Å²) in [7, 11) is 0. The Labute approximate surface area is 198 Å². The fourth-order valence-corrected chi connectivity index (χ4v) is 3.19. The van der Waals surface area contributed by atoms with Crippen molar-refractivity contribution in [3.63, 3.8) is 0 Å². The van der Waals surface area contributed by atoms with E-state index < -0.39 is 18.0 Å². The number of pyridine rings is 1. The molecule has 0 unspecified atom stereocenters. The molecule has 4 aromatic rings. The van der Waals surface area contributed by atoms with Crippen molar-refractivity contribution in [1.29, 1.82) is 0 Å². The second kappa shape index (κ2) is 9.80. The molecular weight excluding hydrogens is 461 g/mol. The Balaban J connectivity index is 1.57. The Morgan fingerprint density at radius 2 is 1.69 bits per heavy atom. The molecular formula is C25H19F3N4O3. The molecule has 2 heterocycles. The lowest BCUT2D eigenvalue weighted by Gasteiger charge is -2.14. The van der Waals surface area contributed by atoms with Gasteiger partial charge in [-0.2, -0.15) is 0 Å². The maximum Gasteiger partial charge on any atom is 0.573 e. The highest BCUT2D eigenvalue weighted by atomic mass is 19.4. The average molecular weight is 480 g/mol. The fraction of sp³-hybridized carbons (Fsp3) is 0.120. The van der Waals surface area contributed by atoms with Gasteiger partial charge in [0.1, 0.15) is 17.8 Å². The number of rotatable bonds is 6. The average Bonchev–Trinajstić information content (AvgIpc) is 2.82. The van der Waals surface area contributed by atoms with Crippen molar-refractivity contribution >= 4 is 11.6 Å². The Morgan fingerprint density at radius 1 is 0.914 bits per heavy atom. The van der Waals surface area contributed by atoms with E-state index in [1.165, 1.54) is 25.4 Å². The number of amides is 1. The Kier molecular flexibility index (Phi) is 6.63. The van der Waals surface area contributed by atoms with Crippen LogP contribution >= 0.6 is 0 Å². The molecule has 2 aromatic carbocycles. The third kappa shape index (κ3) is 5.91. The molecule has 0 aliphatic carbocycles. The number of carbonyl (C=O) groups is 1. The summed E-state index contributed by atoms with van der Waals surface area (Å²) in [6.45, 7) is 3.29. The SMILES string of the molecule is Cc1ccc(NC(=O)c2ccc(C)c(OC(F)(F)F)c2)cc1Oc1ncccc1-c1ccncn1. The van der Waals surface area contributed by atoms with Crippen LogP contribution in [0.15, 0.2) is 73.3 Å². The predicted octanol–water partition coefficient (Wildman–Crippen LogP) is 6.10. The molecule has 7 nitrogen and oxygen atoms in total. The summed E-state index contributed by atoms with van der Waals surface area (Å²) in [5.74, 6) is -0.302. The highest BCUT2D eigenvalue weighted by molar-refractivity contribution is 6.04. The van der Waals surface area contributed by atoms with E-state index in [1.54, 1.807) is 42.7 Å². The standard InChI is InChI=1S/C25H19F3N4O3/c1-15-6-8-18(32-23(33)17-7-5-16(2)22(12-17)35-25(26,27)28)13-21(15)34-24-19(4-3-10-30-24)20-9-11-29-14-31-20/h3-14H,1-2H3,(H,32,33). The lowest BCUT2D eigenvalue weighted by Crippen LogP contribution is -2.19. The van der Waals surface area contributed by atoms with E-state index in [2.05, 4.69) is 25.0 Å². The minimum absolute atomic E-state index is 0.00803. The lowest BCUT2D eigenvalue weighted by molar-refractivity contribution is -0.274. The van der Waals surface area contributed by atoms with Crippen LogP contribution in [0.1, 0.15) is 21.5 Å². The number of aromatic nitrogens is 3. The van der Waals surface area contributed by atoms with Crippen LogP contribution < -0.4 is 14.8 Å². The van der Waals surface area contributed by atoms with Crippen molar-refractivity contribution in [2.24, 2.45) is 0 Å². The van der Waals surface area contributed by atoms with Gasteiger partial charge in [-0.3, -0.25) is 4.79 Å². The molecule has 1 N–H and O–H groups in total. The van der Waals surface area contributed by atoms with E-state index in [0.29, 0.717) is 28.6 Å². The number of carbonyl (C=O) groups excluding carboxylic acids is 1.